The van der Waals surface area contributed by atoms with Crippen LogP contribution < -0.4 is 25.6 Å². The number of hydrogen-bond donors (Lipinski definition) is 3. The molecule has 0 aliphatic carbocycles. The number of carbonyl (C=O) groups is 2. The minimum absolute atomic E-state index is 0.00626. The van der Waals surface area contributed by atoms with Gasteiger partial charge < -0.3 is 9.47 Å². The van der Waals surface area contributed by atoms with Crippen molar-refractivity contribution < 1.29 is 19.1 Å². The van der Waals surface area contributed by atoms with Gasteiger partial charge in [0, 0.05) is 6.08 Å². The number of benzene rings is 2. The molecule has 9 heteroatoms. The molecule has 0 saturated carbocycles. The van der Waals surface area contributed by atoms with Crippen LogP contribution in [0.1, 0.15) is 31.9 Å². The lowest BCUT2D eigenvalue weighted by Gasteiger charge is -2.20. The summed E-state index contributed by atoms with van der Waals surface area (Å²) in [5.41, 5.74) is 6.82. The molecule has 170 valence electrons. The van der Waals surface area contributed by atoms with Crippen molar-refractivity contribution in [1.29, 1.82) is 0 Å². The number of amides is 2. The Morgan fingerprint density at radius 3 is 2.38 bits per heavy atom. The molecular weight excluding hydrogens is 494 g/mol. The highest BCUT2D eigenvalue weighted by molar-refractivity contribution is 9.10. The SMILES string of the molecule is COc1ccc(/C=C\C(=O)NC(=S)NNC(=O)COc2ccc(C(C)(C)C)cc2Br)cc1. The van der Waals surface area contributed by atoms with Gasteiger partial charge in [-0.15, -0.1) is 0 Å². The second-order valence-electron chi connectivity index (χ2n) is 7.78. The molecule has 2 amide bonds. The van der Waals surface area contributed by atoms with E-state index >= 15 is 0 Å². The fraction of sp³-hybridized carbons (Fsp3) is 0.261. The first-order valence-corrected chi connectivity index (χ1v) is 10.9. The van der Waals surface area contributed by atoms with Gasteiger partial charge in [-0.2, -0.15) is 0 Å². The number of rotatable bonds is 6. The summed E-state index contributed by atoms with van der Waals surface area (Å²) in [4.78, 5) is 23.9. The monoisotopic (exact) mass is 519 g/mol. The van der Waals surface area contributed by atoms with E-state index in [4.69, 9.17) is 21.7 Å². The number of hydrazine groups is 1. The summed E-state index contributed by atoms with van der Waals surface area (Å²) >= 11 is 8.47. The molecule has 0 bridgehead atoms. The van der Waals surface area contributed by atoms with E-state index in [-0.39, 0.29) is 17.1 Å². The zero-order valence-electron chi connectivity index (χ0n) is 18.3. The number of thiocarbonyl (C=S) groups is 1. The third-order valence-corrected chi connectivity index (χ3v) is 5.08. The van der Waals surface area contributed by atoms with Gasteiger partial charge in [-0.1, -0.05) is 39.0 Å². The average molecular weight is 520 g/mol. The number of methoxy groups -OCH3 is 1. The fourth-order valence-corrected chi connectivity index (χ4v) is 3.11. The number of nitrogens with one attached hydrogen (secondary N) is 3. The van der Waals surface area contributed by atoms with Crippen LogP contribution in [0.5, 0.6) is 11.5 Å². The van der Waals surface area contributed by atoms with Gasteiger partial charge in [0.05, 0.1) is 11.6 Å². The van der Waals surface area contributed by atoms with Crippen molar-refractivity contribution in [1.82, 2.24) is 16.2 Å². The third-order valence-electron chi connectivity index (χ3n) is 4.25. The molecule has 3 N–H and O–H groups in total. The normalized spacial score (nSPS) is 11.0. The van der Waals surface area contributed by atoms with Crippen molar-refractivity contribution >= 4 is 51.2 Å². The summed E-state index contributed by atoms with van der Waals surface area (Å²) in [6.45, 7) is 6.12. The zero-order chi connectivity index (χ0) is 23.7. The molecule has 0 fully saturated rings. The maximum atomic E-state index is 12.0. The van der Waals surface area contributed by atoms with Crippen LogP contribution in [0.4, 0.5) is 0 Å². The van der Waals surface area contributed by atoms with Gasteiger partial charge in [-0.25, -0.2) is 0 Å². The Morgan fingerprint density at radius 1 is 1.09 bits per heavy atom. The molecule has 32 heavy (non-hydrogen) atoms. The Bertz CT molecular complexity index is 1000. The van der Waals surface area contributed by atoms with Crippen LogP contribution in [0.2, 0.25) is 0 Å². The molecule has 0 radical (unpaired) electrons. The molecule has 2 rings (SSSR count). The lowest BCUT2D eigenvalue weighted by Crippen LogP contribution is -2.49. The van der Waals surface area contributed by atoms with Gasteiger partial charge in [0.1, 0.15) is 11.5 Å². The van der Waals surface area contributed by atoms with Crippen molar-refractivity contribution in [2.45, 2.75) is 26.2 Å². The lowest BCUT2D eigenvalue weighted by atomic mass is 9.87. The fourth-order valence-electron chi connectivity index (χ4n) is 2.46. The van der Waals surface area contributed by atoms with Crippen molar-refractivity contribution in [2.24, 2.45) is 0 Å². The van der Waals surface area contributed by atoms with Crippen molar-refractivity contribution in [3.8, 4) is 11.5 Å². The molecule has 2 aromatic carbocycles. The van der Waals surface area contributed by atoms with Gasteiger partial charge in [0.2, 0.25) is 5.91 Å². The van der Waals surface area contributed by atoms with Gasteiger partial charge in [0.15, 0.2) is 11.7 Å². The summed E-state index contributed by atoms with van der Waals surface area (Å²) in [6, 6.07) is 12.9. The van der Waals surface area contributed by atoms with Crippen molar-refractivity contribution in [3.63, 3.8) is 0 Å². The number of carbonyl (C=O) groups excluding carboxylic acids is 2. The van der Waals surface area contributed by atoms with E-state index in [0.29, 0.717) is 5.75 Å². The van der Waals surface area contributed by atoms with Crippen LogP contribution in [0, 0.1) is 0 Å². The minimum atomic E-state index is -0.456. The molecule has 0 aromatic heterocycles. The summed E-state index contributed by atoms with van der Waals surface area (Å²) in [7, 11) is 1.58. The first-order valence-electron chi connectivity index (χ1n) is 9.73. The highest BCUT2D eigenvalue weighted by Crippen LogP contribution is 2.31. The van der Waals surface area contributed by atoms with Crippen LogP contribution in [-0.4, -0.2) is 30.6 Å². The third kappa shape index (κ3) is 8.32. The molecule has 0 atom stereocenters. The first-order chi connectivity index (χ1) is 15.1. The molecular formula is C23H26BrN3O4S. The molecule has 0 aliphatic heterocycles. The Kier molecular flexibility index (Phi) is 9.22. The summed E-state index contributed by atoms with van der Waals surface area (Å²) in [5, 5.41) is 2.40. The Labute approximate surface area is 201 Å². The molecule has 0 unspecified atom stereocenters. The van der Waals surface area contributed by atoms with Gasteiger partial charge in [0.25, 0.3) is 5.91 Å². The Balaban J connectivity index is 1.74. The number of ether oxygens (including phenoxy) is 2. The molecule has 0 spiro atoms. The van der Waals surface area contributed by atoms with Crippen LogP contribution in [0.3, 0.4) is 0 Å². The van der Waals surface area contributed by atoms with Crippen LogP contribution in [-0.2, 0) is 15.0 Å². The molecule has 2 aromatic rings. The van der Waals surface area contributed by atoms with E-state index in [0.717, 1.165) is 21.3 Å². The van der Waals surface area contributed by atoms with Gasteiger partial charge >= 0.3 is 0 Å². The number of halogens is 1. The quantitative estimate of drug-likeness (QED) is 0.305. The van der Waals surface area contributed by atoms with Crippen molar-refractivity contribution in [2.75, 3.05) is 13.7 Å². The zero-order valence-corrected chi connectivity index (χ0v) is 20.7. The second kappa shape index (κ2) is 11.6. The number of hydrogen-bond acceptors (Lipinski definition) is 5. The topological polar surface area (TPSA) is 88.7 Å². The summed E-state index contributed by atoms with van der Waals surface area (Å²) in [5.74, 6) is 0.382. The van der Waals surface area contributed by atoms with E-state index in [1.54, 1.807) is 25.3 Å². The van der Waals surface area contributed by atoms with Gasteiger partial charge in [-0.3, -0.25) is 25.8 Å². The molecule has 7 nitrogen and oxygen atoms in total. The second-order valence-corrected chi connectivity index (χ2v) is 9.04. The summed E-state index contributed by atoms with van der Waals surface area (Å²) in [6.07, 6.45) is 2.96. The Hall–Kier alpha value is -2.91. The van der Waals surface area contributed by atoms with E-state index in [1.807, 2.05) is 30.3 Å². The van der Waals surface area contributed by atoms with Crippen LogP contribution >= 0.6 is 28.1 Å². The lowest BCUT2D eigenvalue weighted by molar-refractivity contribution is -0.123. The average Bonchev–Trinajstić information content (AvgIpc) is 2.75. The first kappa shape index (κ1) is 25.4. The van der Waals surface area contributed by atoms with Crippen molar-refractivity contribution in [3.05, 3.63) is 64.1 Å². The smallest absolute Gasteiger partial charge is 0.276 e. The van der Waals surface area contributed by atoms with Crippen LogP contribution in [0.25, 0.3) is 6.08 Å². The van der Waals surface area contributed by atoms with Crippen LogP contribution in [0.15, 0.2) is 53.0 Å². The van der Waals surface area contributed by atoms with E-state index in [1.165, 1.54) is 6.08 Å². The predicted octanol–water partition coefficient (Wildman–Crippen LogP) is 3.87. The highest BCUT2D eigenvalue weighted by Gasteiger charge is 2.15. The largest absolute Gasteiger partial charge is 0.497 e. The van der Waals surface area contributed by atoms with E-state index < -0.39 is 11.8 Å². The standard InChI is InChI=1S/C23H26BrN3O4S/c1-23(2,3)16-8-11-19(18(24)13-16)31-14-21(29)26-27-22(32)25-20(28)12-7-15-5-9-17(30-4)10-6-15/h5-13H,14H2,1-4H3,(H,26,29)(H2,25,27,28,32)/b12-7-. The van der Waals surface area contributed by atoms with E-state index in [9.17, 15) is 9.59 Å². The highest BCUT2D eigenvalue weighted by atomic mass is 79.9. The van der Waals surface area contributed by atoms with E-state index in [2.05, 4.69) is 52.9 Å². The molecule has 0 heterocycles. The molecule has 0 aliphatic rings. The maximum absolute atomic E-state index is 12.0. The maximum Gasteiger partial charge on any atom is 0.276 e. The molecule has 0 saturated heterocycles. The summed E-state index contributed by atoms with van der Waals surface area (Å²) < 4.78 is 11.4. The van der Waals surface area contributed by atoms with Gasteiger partial charge in [-0.05, 0) is 75.0 Å². The predicted molar refractivity (Wildman–Crippen MR) is 132 cm³/mol. The minimum Gasteiger partial charge on any atom is -0.497 e. The Morgan fingerprint density at radius 2 is 1.78 bits per heavy atom.